The van der Waals surface area contributed by atoms with Gasteiger partial charge in [-0.1, -0.05) is 36.7 Å². The third-order valence-corrected chi connectivity index (χ3v) is 5.53. The standard InChI is InChI=1S/C17H17FN4OS/c18-12-7-5-11(6-8-12)10-22-15-14(9-19-22)16(23)21-17(20-15)24-13-3-1-2-4-13/h5-9,13H,1-4,10H2,(H,20,21,23). The van der Waals surface area contributed by atoms with Gasteiger partial charge in [0.05, 0.1) is 12.7 Å². The summed E-state index contributed by atoms with van der Waals surface area (Å²) in [5, 5.41) is 5.94. The van der Waals surface area contributed by atoms with Gasteiger partial charge >= 0.3 is 0 Å². The Hall–Kier alpha value is -2.15. The first-order chi connectivity index (χ1) is 11.7. The van der Waals surface area contributed by atoms with Crippen molar-refractivity contribution < 1.29 is 4.39 Å². The minimum Gasteiger partial charge on any atom is -0.301 e. The lowest BCUT2D eigenvalue weighted by molar-refractivity contribution is 0.625. The number of fused-ring (bicyclic) bond motifs is 1. The zero-order valence-corrected chi connectivity index (χ0v) is 13.9. The molecule has 1 aromatic carbocycles. The smallest absolute Gasteiger partial charge is 0.262 e. The van der Waals surface area contributed by atoms with Crippen molar-refractivity contribution in [1.29, 1.82) is 0 Å². The summed E-state index contributed by atoms with van der Waals surface area (Å²) in [5.74, 6) is -0.270. The predicted molar refractivity (Wildman–Crippen MR) is 91.8 cm³/mol. The number of benzene rings is 1. The Kier molecular flexibility index (Phi) is 4.10. The fourth-order valence-corrected chi connectivity index (χ4v) is 4.22. The number of nitrogens with one attached hydrogen (secondary N) is 1. The van der Waals surface area contributed by atoms with Crippen LogP contribution in [-0.4, -0.2) is 25.0 Å². The molecule has 0 bridgehead atoms. The number of aromatic amines is 1. The van der Waals surface area contributed by atoms with E-state index in [9.17, 15) is 9.18 Å². The maximum absolute atomic E-state index is 13.0. The number of nitrogens with zero attached hydrogens (tertiary/aromatic N) is 3. The molecule has 2 aromatic heterocycles. The minimum atomic E-state index is -0.270. The normalized spacial score (nSPS) is 15.4. The highest BCUT2D eigenvalue weighted by atomic mass is 32.2. The van der Waals surface area contributed by atoms with Gasteiger partial charge in [0.25, 0.3) is 5.56 Å². The zero-order valence-electron chi connectivity index (χ0n) is 13.0. The highest BCUT2D eigenvalue weighted by Crippen LogP contribution is 2.32. The molecule has 1 fully saturated rings. The molecule has 0 aliphatic heterocycles. The number of halogens is 1. The van der Waals surface area contributed by atoms with E-state index in [1.54, 1.807) is 28.6 Å². The van der Waals surface area contributed by atoms with E-state index >= 15 is 0 Å². The lowest BCUT2D eigenvalue weighted by atomic mass is 10.2. The molecule has 0 amide bonds. The van der Waals surface area contributed by atoms with E-state index in [2.05, 4.69) is 15.1 Å². The lowest BCUT2D eigenvalue weighted by Gasteiger charge is -2.08. The van der Waals surface area contributed by atoms with E-state index in [4.69, 9.17) is 0 Å². The van der Waals surface area contributed by atoms with Crippen molar-refractivity contribution in [1.82, 2.24) is 19.7 Å². The van der Waals surface area contributed by atoms with Crippen molar-refractivity contribution in [2.45, 2.75) is 42.6 Å². The molecule has 0 atom stereocenters. The topological polar surface area (TPSA) is 63.6 Å². The van der Waals surface area contributed by atoms with Crippen LogP contribution in [0.4, 0.5) is 4.39 Å². The summed E-state index contributed by atoms with van der Waals surface area (Å²) in [5.41, 5.74) is 1.32. The Labute approximate surface area is 142 Å². The number of aromatic nitrogens is 4. The van der Waals surface area contributed by atoms with Crippen molar-refractivity contribution in [3.63, 3.8) is 0 Å². The average Bonchev–Trinajstić information content (AvgIpc) is 3.20. The second kappa shape index (κ2) is 6.39. The second-order valence-electron chi connectivity index (χ2n) is 6.06. The van der Waals surface area contributed by atoms with Crippen LogP contribution in [0, 0.1) is 5.82 Å². The third-order valence-electron chi connectivity index (χ3n) is 4.31. The van der Waals surface area contributed by atoms with Gasteiger partial charge < -0.3 is 4.98 Å². The van der Waals surface area contributed by atoms with E-state index in [-0.39, 0.29) is 11.4 Å². The first-order valence-electron chi connectivity index (χ1n) is 8.06. The van der Waals surface area contributed by atoms with Gasteiger partial charge in [0.2, 0.25) is 0 Å². The Morgan fingerprint density at radius 2 is 2.00 bits per heavy atom. The molecule has 124 valence electrons. The number of thioether (sulfide) groups is 1. The van der Waals surface area contributed by atoms with E-state index in [1.807, 2.05) is 0 Å². The van der Waals surface area contributed by atoms with Crippen LogP contribution in [0.1, 0.15) is 31.2 Å². The maximum Gasteiger partial charge on any atom is 0.262 e. The Balaban J connectivity index is 1.66. The van der Waals surface area contributed by atoms with Gasteiger partial charge in [0, 0.05) is 5.25 Å². The fourth-order valence-electron chi connectivity index (χ4n) is 3.04. The lowest BCUT2D eigenvalue weighted by Crippen LogP contribution is -2.11. The second-order valence-corrected chi connectivity index (χ2v) is 7.35. The van der Waals surface area contributed by atoms with E-state index < -0.39 is 0 Å². The van der Waals surface area contributed by atoms with Gasteiger partial charge in [-0.15, -0.1) is 0 Å². The average molecular weight is 344 g/mol. The Bertz CT molecular complexity index is 912. The maximum atomic E-state index is 13.0. The molecule has 0 unspecified atom stereocenters. The van der Waals surface area contributed by atoms with Gasteiger partial charge in [-0.25, -0.2) is 14.1 Å². The highest BCUT2D eigenvalue weighted by Gasteiger charge is 2.19. The Morgan fingerprint density at radius 3 is 2.75 bits per heavy atom. The summed E-state index contributed by atoms with van der Waals surface area (Å²) in [7, 11) is 0. The molecule has 1 saturated carbocycles. The molecule has 0 saturated heterocycles. The number of H-pyrrole nitrogens is 1. The van der Waals surface area contributed by atoms with Crippen LogP contribution in [0.25, 0.3) is 11.0 Å². The van der Waals surface area contributed by atoms with Crippen molar-refractivity contribution in [2.24, 2.45) is 0 Å². The van der Waals surface area contributed by atoms with Gasteiger partial charge in [0.15, 0.2) is 10.8 Å². The monoisotopic (exact) mass is 344 g/mol. The summed E-state index contributed by atoms with van der Waals surface area (Å²) >= 11 is 1.64. The third kappa shape index (κ3) is 3.08. The van der Waals surface area contributed by atoms with E-state index in [0.717, 1.165) is 5.56 Å². The SMILES string of the molecule is O=c1[nH]c(SC2CCCC2)nc2c1cnn2Cc1ccc(F)cc1. The molecule has 5 nitrogen and oxygen atoms in total. The van der Waals surface area contributed by atoms with Crippen molar-refractivity contribution in [2.75, 3.05) is 0 Å². The Morgan fingerprint density at radius 1 is 1.25 bits per heavy atom. The van der Waals surface area contributed by atoms with Crippen LogP contribution in [0.15, 0.2) is 40.4 Å². The van der Waals surface area contributed by atoms with Gasteiger partial charge in [-0.05, 0) is 30.5 Å². The summed E-state index contributed by atoms with van der Waals surface area (Å²) in [6, 6.07) is 6.26. The molecule has 3 aromatic rings. The molecule has 0 radical (unpaired) electrons. The molecule has 1 aliphatic carbocycles. The molecule has 7 heteroatoms. The molecular formula is C17H17FN4OS. The van der Waals surface area contributed by atoms with Crippen LogP contribution in [-0.2, 0) is 6.54 Å². The number of hydrogen-bond acceptors (Lipinski definition) is 4. The molecule has 1 aliphatic rings. The molecule has 1 N–H and O–H groups in total. The van der Waals surface area contributed by atoms with Crippen molar-refractivity contribution >= 4 is 22.8 Å². The van der Waals surface area contributed by atoms with E-state index in [1.165, 1.54) is 44.0 Å². The summed E-state index contributed by atoms with van der Waals surface area (Å²) in [6.45, 7) is 0.452. The first kappa shape index (κ1) is 15.4. The van der Waals surface area contributed by atoms with Crippen molar-refractivity contribution in [3.8, 4) is 0 Å². The summed E-state index contributed by atoms with van der Waals surface area (Å²) in [4.78, 5) is 19.7. The molecule has 4 rings (SSSR count). The zero-order chi connectivity index (χ0) is 16.5. The molecular weight excluding hydrogens is 327 g/mol. The molecule has 24 heavy (non-hydrogen) atoms. The van der Waals surface area contributed by atoms with Gasteiger partial charge in [-0.3, -0.25) is 4.79 Å². The largest absolute Gasteiger partial charge is 0.301 e. The number of rotatable bonds is 4. The quantitative estimate of drug-likeness (QED) is 0.737. The van der Waals surface area contributed by atoms with Gasteiger partial charge in [-0.2, -0.15) is 5.10 Å². The van der Waals surface area contributed by atoms with Crippen LogP contribution in [0.2, 0.25) is 0 Å². The van der Waals surface area contributed by atoms with Crippen LogP contribution >= 0.6 is 11.8 Å². The summed E-state index contributed by atoms with van der Waals surface area (Å²) in [6.07, 6.45) is 6.36. The first-order valence-corrected chi connectivity index (χ1v) is 8.94. The van der Waals surface area contributed by atoms with Crippen molar-refractivity contribution in [3.05, 3.63) is 52.2 Å². The van der Waals surface area contributed by atoms with E-state index in [0.29, 0.717) is 28.0 Å². The predicted octanol–water partition coefficient (Wildman–Crippen LogP) is 3.34. The molecule has 2 heterocycles. The van der Waals surface area contributed by atoms with Crippen LogP contribution in [0.3, 0.4) is 0 Å². The van der Waals surface area contributed by atoms with Crippen LogP contribution < -0.4 is 5.56 Å². The highest BCUT2D eigenvalue weighted by molar-refractivity contribution is 7.99. The van der Waals surface area contributed by atoms with Gasteiger partial charge in [0.1, 0.15) is 11.2 Å². The fraction of sp³-hybridized carbons (Fsp3) is 0.353. The van der Waals surface area contributed by atoms with Crippen LogP contribution in [0.5, 0.6) is 0 Å². The summed E-state index contributed by atoms with van der Waals surface area (Å²) < 4.78 is 14.7. The minimum absolute atomic E-state index is 0.161. The molecule has 0 spiro atoms. The number of hydrogen-bond donors (Lipinski definition) is 1.